The van der Waals surface area contributed by atoms with Gasteiger partial charge in [-0.1, -0.05) is 26.7 Å². The van der Waals surface area contributed by atoms with Gasteiger partial charge in [-0.15, -0.1) is 0 Å². The molecule has 0 amide bonds. The molecule has 24 heavy (non-hydrogen) atoms. The summed E-state index contributed by atoms with van der Waals surface area (Å²) in [5, 5.41) is 0. The number of nitrogens with zero attached hydrogens (tertiary/aromatic N) is 2. The van der Waals surface area contributed by atoms with Crippen LogP contribution in [0.15, 0.2) is 35.1 Å². The maximum Gasteiger partial charge on any atom is 0.252 e. The molecule has 1 aromatic heterocycles. The van der Waals surface area contributed by atoms with Crippen LogP contribution < -0.4 is 15.2 Å². The van der Waals surface area contributed by atoms with Crippen LogP contribution in [0.5, 0.6) is 5.75 Å². The Morgan fingerprint density at radius 1 is 1.08 bits per heavy atom. The topological polar surface area (TPSA) is 58.2 Å². The molecule has 5 heteroatoms. The molecule has 130 valence electrons. The summed E-state index contributed by atoms with van der Waals surface area (Å²) >= 11 is 0. The first-order chi connectivity index (χ1) is 11.7. The molecule has 0 aliphatic heterocycles. The molecule has 0 unspecified atom stereocenters. The molecule has 0 aliphatic rings. The molecule has 0 fully saturated rings. The first-order valence-electron chi connectivity index (χ1n) is 8.68. The van der Waals surface area contributed by atoms with Crippen LogP contribution in [0.1, 0.15) is 39.5 Å². The first kappa shape index (κ1) is 18.0. The third kappa shape index (κ3) is 4.85. The van der Waals surface area contributed by atoms with E-state index in [0.29, 0.717) is 11.6 Å². The second-order valence-corrected chi connectivity index (χ2v) is 5.88. The quantitative estimate of drug-likeness (QED) is 0.759. The molecular formula is C19H27N3O2. The highest BCUT2D eigenvalue weighted by Crippen LogP contribution is 2.21. The highest BCUT2D eigenvalue weighted by atomic mass is 16.5. The molecule has 0 spiro atoms. The Balaban J connectivity index is 2.32. The highest BCUT2D eigenvalue weighted by molar-refractivity contribution is 5.61. The van der Waals surface area contributed by atoms with Crippen LogP contribution in [0.4, 0.5) is 5.95 Å². The molecule has 0 bridgehead atoms. The predicted octanol–water partition coefficient (Wildman–Crippen LogP) is 3.85. The number of nitrogens with one attached hydrogen (secondary N) is 1. The van der Waals surface area contributed by atoms with Gasteiger partial charge < -0.3 is 9.64 Å². The fourth-order valence-electron chi connectivity index (χ4n) is 2.53. The molecule has 0 saturated carbocycles. The molecule has 1 N–H and O–H groups in total. The van der Waals surface area contributed by atoms with Gasteiger partial charge in [0.2, 0.25) is 5.95 Å². The van der Waals surface area contributed by atoms with E-state index in [-0.39, 0.29) is 5.56 Å². The van der Waals surface area contributed by atoms with E-state index in [9.17, 15) is 4.79 Å². The average molecular weight is 329 g/mol. The number of ether oxygens (including phenoxy) is 1. The maximum atomic E-state index is 12.1. The van der Waals surface area contributed by atoms with E-state index >= 15 is 0 Å². The second kappa shape index (κ2) is 9.11. The second-order valence-electron chi connectivity index (χ2n) is 5.88. The number of methoxy groups -OCH3 is 1. The number of hydrogen-bond acceptors (Lipinski definition) is 4. The summed E-state index contributed by atoms with van der Waals surface area (Å²) in [6.07, 6.45) is 4.40. The van der Waals surface area contributed by atoms with Crippen molar-refractivity contribution in [3.05, 3.63) is 40.7 Å². The number of hydrogen-bond donors (Lipinski definition) is 1. The zero-order chi connectivity index (χ0) is 17.4. The van der Waals surface area contributed by atoms with E-state index in [4.69, 9.17) is 9.72 Å². The standard InChI is InChI=1S/C19H27N3O2/c1-4-6-12-22(13-7-5-2)19-20-17(14-18(23)21-19)15-8-10-16(24-3)11-9-15/h8-11,14H,4-7,12-13H2,1-3H3,(H,20,21,23). The molecular weight excluding hydrogens is 302 g/mol. The van der Waals surface area contributed by atoms with Gasteiger partial charge in [0.05, 0.1) is 12.8 Å². The van der Waals surface area contributed by atoms with E-state index in [1.54, 1.807) is 13.2 Å². The summed E-state index contributed by atoms with van der Waals surface area (Å²) in [6, 6.07) is 9.15. The summed E-state index contributed by atoms with van der Waals surface area (Å²) in [7, 11) is 1.64. The van der Waals surface area contributed by atoms with E-state index < -0.39 is 0 Å². The number of unbranched alkanes of at least 4 members (excludes halogenated alkanes) is 2. The van der Waals surface area contributed by atoms with Crippen LogP contribution >= 0.6 is 0 Å². The lowest BCUT2D eigenvalue weighted by atomic mass is 10.1. The smallest absolute Gasteiger partial charge is 0.252 e. The zero-order valence-corrected chi connectivity index (χ0v) is 14.8. The number of benzene rings is 1. The normalized spacial score (nSPS) is 10.6. The zero-order valence-electron chi connectivity index (χ0n) is 14.8. The van der Waals surface area contributed by atoms with Crippen LogP contribution in [0.2, 0.25) is 0 Å². The van der Waals surface area contributed by atoms with Gasteiger partial charge in [0.1, 0.15) is 5.75 Å². The number of rotatable bonds is 9. The van der Waals surface area contributed by atoms with Gasteiger partial charge >= 0.3 is 0 Å². The van der Waals surface area contributed by atoms with Crippen molar-refractivity contribution in [2.75, 3.05) is 25.1 Å². The Morgan fingerprint density at radius 3 is 2.25 bits per heavy atom. The monoisotopic (exact) mass is 329 g/mol. The van der Waals surface area contributed by atoms with E-state index in [1.165, 1.54) is 0 Å². The highest BCUT2D eigenvalue weighted by Gasteiger charge is 2.11. The lowest BCUT2D eigenvalue weighted by Crippen LogP contribution is -2.29. The number of aromatic amines is 1. The SMILES string of the molecule is CCCCN(CCCC)c1nc(-c2ccc(OC)cc2)cc(=O)[nH]1. The van der Waals surface area contributed by atoms with Gasteiger partial charge in [0, 0.05) is 24.7 Å². The minimum Gasteiger partial charge on any atom is -0.497 e. The van der Waals surface area contributed by atoms with Gasteiger partial charge in [-0.3, -0.25) is 9.78 Å². The Labute approximate surface area is 143 Å². The largest absolute Gasteiger partial charge is 0.497 e. The minimum absolute atomic E-state index is 0.121. The van der Waals surface area contributed by atoms with Crippen molar-refractivity contribution in [2.24, 2.45) is 0 Å². The molecule has 1 heterocycles. The van der Waals surface area contributed by atoms with Crippen molar-refractivity contribution < 1.29 is 4.74 Å². The molecule has 2 rings (SSSR count). The summed E-state index contributed by atoms with van der Waals surface area (Å²) < 4.78 is 5.18. The minimum atomic E-state index is -0.121. The molecule has 0 radical (unpaired) electrons. The third-order valence-corrected chi connectivity index (χ3v) is 3.98. The Kier molecular flexibility index (Phi) is 6.85. The number of H-pyrrole nitrogens is 1. The van der Waals surface area contributed by atoms with Crippen LogP contribution in [0, 0.1) is 0 Å². The summed E-state index contributed by atoms with van der Waals surface area (Å²) in [4.78, 5) is 21.9. The van der Waals surface area contributed by atoms with Crippen LogP contribution in [-0.4, -0.2) is 30.2 Å². The van der Waals surface area contributed by atoms with Crippen molar-refractivity contribution in [1.29, 1.82) is 0 Å². The maximum absolute atomic E-state index is 12.1. The number of anilines is 1. The van der Waals surface area contributed by atoms with Crippen LogP contribution in [-0.2, 0) is 0 Å². The molecule has 1 aromatic carbocycles. The summed E-state index contributed by atoms with van der Waals surface area (Å²) in [6.45, 7) is 6.15. The van der Waals surface area contributed by atoms with Crippen molar-refractivity contribution >= 4 is 5.95 Å². The van der Waals surface area contributed by atoms with E-state index in [2.05, 4.69) is 23.7 Å². The van der Waals surface area contributed by atoms with Gasteiger partial charge in [0.25, 0.3) is 5.56 Å². The van der Waals surface area contributed by atoms with Gasteiger partial charge in [-0.2, -0.15) is 0 Å². The molecule has 0 saturated heterocycles. The third-order valence-electron chi connectivity index (χ3n) is 3.98. The fourth-order valence-corrected chi connectivity index (χ4v) is 2.53. The lowest BCUT2D eigenvalue weighted by molar-refractivity contribution is 0.415. The van der Waals surface area contributed by atoms with Gasteiger partial charge in [-0.05, 0) is 37.1 Å². The molecule has 5 nitrogen and oxygen atoms in total. The van der Waals surface area contributed by atoms with Crippen LogP contribution in [0.25, 0.3) is 11.3 Å². The molecule has 2 aromatic rings. The predicted molar refractivity (Wildman–Crippen MR) is 98.9 cm³/mol. The number of aromatic nitrogens is 2. The molecule has 0 atom stereocenters. The Morgan fingerprint density at radius 2 is 1.71 bits per heavy atom. The van der Waals surface area contributed by atoms with E-state index in [1.807, 2.05) is 24.3 Å². The summed E-state index contributed by atoms with van der Waals surface area (Å²) in [5.41, 5.74) is 1.48. The molecule has 0 aliphatic carbocycles. The van der Waals surface area contributed by atoms with Gasteiger partial charge in [0.15, 0.2) is 0 Å². The lowest BCUT2D eigenvalue weighted by Gasteiger charge is -2.23. The average Bonchev–Trinajstić information content (AvgIpc) is 2.61. The Bertz CT molecular complexity index is 672. The van der Waals surface area contributed by atoms with Crippen molar-refractivity contribution in [2.45, 2.75) is 39.5 Å². The van der Waals surface area contributed by atoms with Gasteiger partial charge in [-0.25, -0.2) is 4.98 Å². The van der Waals surface area contributed by atoms with Crippen LogP contribution in [0.3, 0.4) is 0 Å². The fraction of sp³-hybridized carbons (Fsp3) is 0.474. The van der Waals surface area contributed by atoms with Crippen molar-refractivity contribution in [3.8, 4) is 17.0 Å². The van der Waals surface area contributed by atoms with Crippen molar-refractivity contribution in [1.82, 2.24) is 9.97 Å². The van der Waals surface area contributed by atoms with Crippen molar-refractivity contribution in [3.63, 3.8) is 0 Å². The Hall–Kier alpha value is -2.30. The first-order valence-corrected chi connectivity index (χ1v) is 8.68. The summed E-state index contributed by atoms with van der Waals surface area (Å²) in [5.74, 6) is 1.45. The van der Waals surface area contributed by atoms with E-state index in [0.717, 1.165) is 50.1 Å².